The van der Waals surface area contributed by atoms with Gasteiger partial charge in [0.15, 0.2) is 5.16 Å². The topological polar surface area (TPSA) is 61.2 Å². The first-order chi connectivity index (χ1) is 11.6. The largest absolute Gasteiger partial charge is 0.462 e. The van der Waals surface area contributed by atoms with Crippen molar-refractivity contribution in [2.24, 2.45) is 0 Å². The van der Waals surface area contributed by atoms with Gasteiger partial charge in [-0.25, -0.2) is 4.98 Å². The first kappa shape index (κ1) is 16.1. The van der Waals surface area contributed by atoms with Gasteiger partial charge in [-0.05, 0) is 38.2 Å². The minimum atomic E-state index is -0.265. The van der Waals surface area contributed by atoms with Gasteiger partial charge >= 0.3 is 5.97 Å². The van der Waals surface area contributed by atoms with Crippen LogP contribution in [-0.2, 0) is 28.9 Å². The molecule has 0 bridgehead atoms. The maximum absolute atomic E-state index is 13.1. The lowest BCUT2D eigenvalue weighted by atomic mass is 10.2. The van der Waals surface area contributed by atoms with Crippen molar-refractivity contribution in [3.8, 4) is 0 Å². The molecule has 1 fully saturated rings. The van der Waals surface area contributed by atoms with Crippen molar-refractivity contribution >= 4 is 39.3 Å². The Kier molecular flexibility index (Phi) is 4.16. The van der Waals surface area contributed by atoms with Crippen LogP contribution in [0.2, 0.25) is 0 Å². The Labute approximate surface area is 148 Å². The number of fused-ring (bicyclic) bond motifs is 3. The van der Waals surface area contributed by atoms with Gasteiger partial charge in [0.25, 0.3) is 5.56 Å². The molecule has 2 aliphatic rings. The molecule has 0 spiro atoms. The van der Waals surface area contributed by atoms with Crippen molar-refractivity contribution in [3.63, 3.8) is 0 Å². The predicted molar refractivity (Wildman–Crippen MR) is 96.0 cm³/mol. The molecule has 0 amide bonds. The number of thioether (sulfide) groups is 1. The van der Waals surface area contributed by atoms with E-state index in [1.807, 2.05) is 6.92 Å². The van der Waals surface area contributed by atoms with Crippen LogP contribution in [0.3, 0.4) is 0 Å². The standard InChI is InChI=1S/C17H20N2O3S2/c1-3-7-19-15(20)13-10-5-4-6-11(10)23-14(13)18-17(19)24-12-8-9(2)22-16(12)21/h9,12H,3-8H2,1-2H3/t9-,12-/m0/s1. The third-order valence-corrected chi connectivity index (χ3v) is 6.99. The van der Waals surface area contributed by atoms with Crippen LogP contribution in [-0.4, -0.2) is 26.9 Å². The quantitative estimate of drug-likeness (QED) is 0.616. The van der Waals surface area contributed by atoms with Gasteiger partial charge in [0.05, 0.1) is 5.39 Å². The second-order valence-electron chi connectivity index (χ2n) is 6.48. The molecule has 128 valence electrons. The van der Waals surface area contributed by atoms with Crippen LogP contribution in [0.15, 0.2) is 9.95 Å². The van der Waals surface area contributed by atoms with E-state index in [9.17, 15) is 9.59 Å². The van der Waals surface area contributed by atoms with Crippen LogP contribution in [0.5, 0.6) is 0 Å². The highest BCUT2D eigenvalue weighted by Crippen LogP contribution is 2.37. The average Bonchev–Trinajstić information content (AvgIpc) is 3.18. The van der Waals surface area contributed by atoms with Crippen molar-refractivity contribution < 1.29 is 9.53 Å². The zero-order valence-electron chi connectivity index (χ0n) is 13.8. The number of cyclic esters (lactones) is 1. The molecule has 3 heterocycles. The summed E-state index contributed by atoms with van der Waals surface area (Å²) in [4.78, 5) is 32.0. The Balaban J connectivity index is 1.81. The van der Waals surface area contributed by atoms with Crippen molar-refractivity contribution in [2.45, 2.75) is 69.0 Å². The van der Waals surface area contributed by atoms with E-state index in [0.717, 1.165) is 35.9 Å². The zero-order chi connectivity index (χ0) is 16.8. The van der Waals surface area contributed by atoms with E-state index in [0.29, 0.717) is 18.1 Å². The van der Waals surface area contributed by atoms with E-state index in [-0.39, 0.29) is 22.9 Å². The van der Waals surface area contributed by atoms with Crippen molar-refractivity contribution in [1.29, 1.82) is 0 Å². The number of hydrogen-bond acceptors (Lipinski definition) is 6. The summed E-state index contributed by atoms with van der Waals surface area (Å²) in [7, 11) is 0. The summed E-state index contributed by atoms with van der Waals surface area (Å²) < 4.78 is 7.00. The van der Waals surface area contributed by atoms with Gasteiger partial charge in [0.1, 0.15) is 16.2 Å². The predicted octanol–water partition coefficient (Wildman–Crippen LogP) is 3.15. The maximum Gasteiger partial charge on any atom is 0.319 e. The normalized spacial score (nSPS) is 23.0. The third kappa shape index (κ3) is 2.58. The molecule has 0 unspecified atom stereocenters. The molecule has 2 atom stereocenters. The molecule has 7 heteroatoms. The molecular weight excluding hydrogens is 344 g/mol. The summed E-state index contributed by atoms with van der Waals surface area (Å²) >= 11 is 3.03. The number of esters is 1. The van der Waals surface area contributed by atoms with Gasteiger partial charge in [-0.15, -0.1) is 11.3 Å². The number of aryl methyl sites for hydroxylation is 2. The molecule has 0 aromatic carbocycles. The molecule has 4 rings (SSSR count). The van der Waals surface area contributed by atoms with Crippen LogP contribution >= 0.6 is 23.1 Å². The van der Waals surface area contributed by atoms with Crippen LogP contribution in [0, 0.1) is 0 Å². The first-order valence-corrected chi connectivity index (χ1v) is 10.2. The molecule has 1 saturated heterocycles. The van der Waals surface area contributed by atoms with Crippen molar-refractivity contribution in [1.82, 2.24) is 9.55 Å². The van der Waals surface area contributed by atoms with E-state index >= 15 is 0 Å². The number of ether oxygens (including phenoxy) is 1. The van der Waals surface area contributed by atoms with Crippen molar-refractivity contribution in [3.05, 3.63) is 20.8 Å². The highest BCUT2D eigenvalue weighted by Gasteiger charge is 2.34. The third-order valence-electron chi connectivity index (χ3n) is 4.61. The van der Waals surface area contributed by atoms with Gasteiger partial charge in [0.2, 0.25) is 0 Å². The van der Waals surface area contributed by atoms with Gasteiger partial charge in [-0.2, -0.15) is 0 Å². The Morgan fingerprint density at radius 3 is 2.92 bits per heavy atom. The van der Waals surface area contributed by atoms with Crippen LogP contribution in [0.1, 0.15) is 43.6 Å². The molecule has 0 N–H and O–H groups in total. The molecule has 5 nitrogen and oxygen atoms in total. The monoisotopic (exact) mass is 364 g/mol. The molecule has 1 aliphatic heterocycles. The Hall–Kier alpha value is -1.34. The summed E-state index contributed by atoms with van der Waals surface area (Å²) in [6, 6.07) is 0. The SMILES string of the molecule is CCCn1c(S[C@H]2C[C@H](C)OC2=O)nc2sc3c(c2c1=O)CCC3. The lowest BCUT2D eigenvalue weighted by molar-refractivity contribution is -0.140. The number of aromatic nitrogens is 2. The molecule has 0 radical (unpaired) electrons. The molecule has 0 saturated carbocycles. The van der Waals surface area contributed by atoms with E-state index in [1.54, 1.807) is 15.9 Å². The van der Waals surface area contributed by atoms with Gasteiger partial charge < -0.3 is 4.74 Å². The first-order valence-electron chi connectivity index (χ1n) is 8.50. The molecular formula is C17H20N2O3S2. The van der Waals surface area contributed by atoms with Crippen LogP contribution < -0.4 is 5.56 Å². The lowest BCUT2D eigenvalue weighted by Crippen LogP contribution is -2.24. The van der Waals surface area contributed by atoms with Gasteiger partial charge in [-0.3, -0.25) is 14.2 Å². The number of hydrogen-bond donors (Lipinski definition) is 0. The second kappa shape index (κ2) is 6.19. The van der Waals surface area contributed by atoms with E-state index in [2.05, 4.69) is 6.92 Å². The van der Waals surface area contributed by atoms with Crippen LogP contribution in [0.25, 0.3) is 10.2 Å². The molecule has 2 aromatic rings. The summed E-state index contributed by atoms with van der Waals surface area (Å²) in [6.45, 7) is 4.58. The van der Waals surface area contributed by atoms with Crippen LogP contribution in [0.4, 0.5) is 0 Å². The summed E-state index contributed by atoms with van der Waals surface area (Å²) in [5, 5.41) is 1.21. The van der Waals surface area contributed by atoms with Gasteiger partial charge in [0, 0.05) is 17.8 Å². The fourth-order valence-corrected chi connectivity index (χ4v) is 6.04. The maximum atomic E-state index is 13.1. The second-order valence-corrected chi connectivity index (χ2v) is 8.73. The summed E-state index contributed by atoms with van der Waals surface area (Å²) in [5.74, 6) is -0.196. The highest BCUT2D eigenvalue weighted by atomic mass is 32.2. The Morgan fingerprint density at radius 1 is 1.38 bits per heavy atom. The minimum Gasteiger partial charge on any atom is -0.462 e. The number of thiophene rings is 1. The highest BCUT2D eigenvalue weighted by molar-refractivity contribution is 8.00. The molecule has 1 aliphatic carbocycles. The van der Waals surface area contributed by atoms with E-state index < -0.39 is 0 Å². The fraction of sp³-hybridized carbons (Fsp3) is 0.588. The zero-order valence-corrected chi connectivity index (χ0v) is 15.5. The average molecular weight is 364 g/mol. The number of carbonyl (C=O) groups is 1. The van der Waals surface area contributed by atoms with E-state index in [1.165, 1.54) is 22.2 Å². The summed E-state index contributed by atoms with van der Waals surface area (Å²) in [5.41, 5.74) is 1.27. The summed E-state index contributed by atoms with van der Waals surface area (Å²) in [6.07, 6.45) is 4.64. The minimum absolute atomic E-state index is 0.0585. The van der Waals surface area contributed by atoms with E-state index in [4.69, 9.17) is 9.72 Å². The van der Waals surface area contributed by atoms with Gasteiger partial charge in [-0.1, -0.05) is 18.7 Å². The molecule has 24 heavy (non-hydrogen) atoms. The number of rotatable bonds is 4. The number of nitrogens with zero attached hydrogens (tertiary/aromatic N) is 2. The van der Waals surface area contributed by atoms with Crippen molar-refractivity contribution in [2.75, 3.05) is 0 Å². The number of carbonyl (C=O) groups excluding carboxylic acids is 1. The molecule has 2 aromatic heterocycles. The smallest absolute Gasteiger partial charge is 0.319 e. The lowest BCUT2D eigenvalue weighted by Gasteiger charge is -2.13. The Bertz CT molecular complexity index is 871. The fourth-order valence-electron chi connectivity index (χ4n) is 3.51. The Morgan fingerprint density at radius 2 is 2.21 bits per heavy atom.